The van der Waals surface area contributed by atoms with Crippen LogP contribution >= 0.6 is 0 Å². The molecule has 1 aliphatic carbocycles. The number of amides is 3. The molecule has 0 radical (unpaired) electrons. The molecule has 2 rings (SSSR count). The molecule has 0 saturated heterocycles. The van der Waals surface area contributed by atoms with Gasteiger partial charge in [-0.05, 0) is 30.9 Å². The van der Waals surface area contributed by atoms with Crippen LogP contribution in [0.3, 0.4) is 0 Å². The van der Waals surface area contributed by atoms with Crippen molar-refractivity contribution in [2.75, 3.05) is 7.05 Å². The van der Waals surface area contributed by atoms with Crippen LogP contribution in [0.4, 0.5) is 4.79 Å². The number of benzene rings is 1. The highest BCUT2D eigenvalue weighted by Crippen LogP contribution is 2.34. The normalized spacial score (nSPS) is 18.5. The Hall–Kier alpha value is -2.04. The van der Waals surface area contributed by atoms with Gasteiger partial charge in [0.2, 0.25) is 5.91 Å². The second-order valence-corrected chi connectivity index (χ2v) is 4.93. The summed E-state index contributed by atoms with van der Waals surface area (Å²) in [4.78, 5) is 24.7. The number of carbonyl (C=O) groups is 2. The Labute approximate surface area is 112 Å². The topological polar surface area (TPSA) is 75.4 Å². The second kappa shape index (κ2) is 5.30. The van der Waals surface area contributed by atoms with Gasteiger partial charge in [-0.25, -0.2) is 4.79 Å². The van der Waals surface area contributed by atoms with E-state index < -0.39 is 12.1 Å². The van der Waals surface area contributed by atoms with Gasteiger partial charge in [-0.15, -0.1) is 0 Å². The fourth-order valence-electron chi connectivity index (χ4n) is 2.67. The Kier molecular flexibility index (Phi) is 3.74. The van der Waals surface area contributed by atoms with E-state index in [-0.39, 0.29) is 11.9 Å². The molecular weight excluding hydrogens is 242 g/mol. The molecule has 0 saturated carbocycles. The zero-order chi connectivity index (χ0) is 14.0. The van der Waals surface area contributed by atoms with Crippen molar-refractivity contribution < 1.29 is 9.59 Å². The first-order valence-corrected chi connectivity index (χ1v) is 6.41. The van der Waals surface area contributed by atoms with Gasteiger partial charge in [-0.2, -0.15) is 0 Å². The number of hydrogen-bond donors (Lipinski definition) is 2. The van der Waals surface area contributed by atoms with Gasteiger partial charge < -0.3 is 16.0 Å². The van der Waals surface area contributed by atoms with E-state index in [0.717, 1.165) is 12.8 Å². The average molecular weight is 261 g/mol. The molecule has 5 nitrogen and oxygen atoms in total. The number of likely N-dealkylation sites (N-methyl/N-ethyl adjacent to an activating group) is 1. The van der Waals surface area contributed by atoms with Crippen LogP contribution in [-0.2, 0) is 11.2 Å². The summed E-state index contributed by atoms with van der Waals surface area (Å²) in [6.45, 7) is 1.64. The van der Waals surface area contributed by atoms with E-state index in [4.69, 9.17) is 5.73 Å². The molecule has 0 unspecified atom stereocenters. The van der Waals surface area contributed by atoms with Crippen LogP contribution in [0.5, 0.6) is 0 Å². The van der Waals surface area contributed by atoms with Crippen LogP contribution in [0.1, 0.15) is 30.5 Å². The van der Waals surface area contributed by atoms with Crippen LogP contribution in [0.25, 0.3) is 0 Å². The summed E-state index contributed by atoms with van der Waals surface area (Å²) in [5, 5.41) is 2.42. The Balaban J connectivity index is 2.11. The van der Waals surface area contributed by atoms with Crippen LogP contribution in [0.2, 0.25) is 0 Å². The molecule has 0 bridgehead atoms. The van der Waals surface area contributed by atoms with Gasteiger partial charge in [0.15, 0.2) is 0 Å². The summed E-state index contributed by atoms with van der Waals surface area (Å²) in [5.41, 5.74) is 7.53. The molecule has 2 atom stereocenters. The van der Waals surface area contributed by atoms with E-state index in [0.29, 0.717) is 0 Å². The van der Waals surface area contributed by atoms with Crippen molar-refractivity contribution in [3.8, 4) is 0 Å². The maximum atomic E-state index is 12.2. The summed E-state index contributed by atoms with van der Waals surface area (Å²) in [7, 11) is 1.77. The van der Waals surface area contributed by atoms with Crippen LogP contribution in [0, 0.1) is 0 Å². The van der Waals surface area contributed by atoms with Crippen LogP contribution < -0.4 is 11.1 Å². The highest BCUT2D eigenvalue weighted by Gasteiger charge is 2.30. The Bertz CT molecular complexity index is 501. The van der Waals surface area contributed by atoms with Crippen molar-refractivity contribution in [2.24, 2.45) is 5.73 Å². The van der Waals surface area contributed by atoms with Gasteiger partial charge in [0.25, 0.3) is 0 Å². The number of nitrogens with two attached hydrogens (primary N) is 1. The zero-order valence-corrected chi connectivity index (χ0v) is 11.2. The molecule has 102 valence electrons. The van der Waals surface area contributed by atoms with Crippen molar-refractivity contribution >= 4 is 11.9 Å². The number of hydrogen-bond acceptors (Lipinski definition) is 2. The Morgan fingerprint density at radius 3 is 2.79 bits per heavy atom. The molecule has 1 aromatic carbocycles. The molecule has 0 aromatic heterocycles. The van der Waals surface area contributed by atoms with E-state index in [2.05, 4.69) is 17.4 Å². The van der Waals surface area contributed by atoms with Crippen molar-refractivity contribution in [2.45, 2.75) is 31.8 Å². The molecule has 19 heavy (non-hydrogen) atoms. The lowest BCUT2D eigenvalue weighted by molar-refractivity contribution is -0.133. The molecule has 3 N–H and O–H groups in total. The predicted molar refractivity (Wildman–Crippen MR) is 72.5 cm³/mol. The third-order valence-corrected chi connectivity index (χ3v) is 3.65. The van der Waals surface area contributed by atoms with Crippen LogP contribution in [0.15, 0.2) is 24.3 Å². The number of primary amides is 1. The van der Waals surface area contributed by atoms with E-state index in [1.165, 1.54) is 11.1 Å². The molecular formula is C14H19N3O2. The molecule has 1 aromatic rings. The van der Waals surface area contributed by atoms with Gasteiger partial charge >= 0.3 is 6.03 Å². The number of carbonyl (C=O) groups excluding carboxylic acids is 2. The quantitative estimate of drug-likeness (QED) is 0.857. The lowest BCUT2D eigenvalue weighted by Crippen LogP contribution is -2.48. The van der Waals surface area contributed by atoms with Gasteiger partial charge in [0.1, 0.15) is 6.04 Å². The fraction of sp³-hybridized carbons (Fsp3) is 0.429. The summed E-state index contributed by atoms with van der Waals surface area (Å²) >= 11 is 0. The second-order valence-electron chi connectivity index (χ2n) is 4.93. The Morgan fingerprint density at radius 1 is 1.42 bits per heavy atom. The number of nitrogens with one attached hydrogen (secondary N) is 1. The van der Waals surface area contributed by atoms with Gasteiger partial charge in [0, 0.05) is 7.05 Å². The van der Waals surface area contributed by atoms with Crippen molar-refractivity contribution in [1.29, 1.82) is 0 Å². The lowest BCUT2D eigenvalue weighted by Gasteiger charge is -2.28. The van der Waals surface area contributed by atoms with Crippen molar-refractivity contribution in [3.05, 3.63) is 35.4 Å². The highest BCUT2D eigenvalue weighted by atomic mass is 16.2. The first kappa shape index (κ1) is 13.4. The summed E-state index contributed by atoms with van der Waals surface area (Å²) in [6.07, 6.45) is 1.90. The third-order valence-electron chi connectivity index (χ3n) is 3.65. The molecule has 0 spiro atoms. The summed E-state index contributed by atoms with van der Waals surface area (Å²) < 4.78 is 0. The zero-order valence-electron chi connectivity index (χ0n) is 11.2. The van der Waals surface area contributed by atoms with Crippen molar-refractivity contribution in [1.82, 2.24) is 10.2 Å². The maximum Gasteiger partial charge on any atom is 0.312 e. The molecule has 1 aliphatic rings. The molecule has 0 heterocycles. The number of aryl methyl sites for hydroxylation is 1. The maximum absolute atomic E-state index is 12.2. The van der Waals surface area contributed by atoms with Gasteiger partial charge in [-0.3, -0.25) is 4.79 Å². The number of rotatable bonds is 3. The first-order valence-electron chi connectivity index (χ1n) is 6.41. The fourth-order valence-corrected chi connectivity index (χ4v) is 2.67. The molecule has 0 fully saturated rings. The summed E-state index contributed by atoms with van der Waals surface area (Å²) in [5.74, 6) is -0.125. The SMILES string of the molecule is C[C@H](NC(N)=O)C(=O)N(C)[C@@H]1CCc2ccccc21. The van der Waals surface area contributed by atoms with Gasteiger partial charge in [0.05, 0.1) is 6.04 Å². The minimum Gasteiger partial charge on any atom is -0.352 e. The van der Waals surface area contributed by atoms with E-state index in [1.54, 1.807) is 18.9 Å². The van der Waals surface area contributed by atoms with E-state index in [1.807, 2.05) is 12.1 Å². The number of fused-ring (bicyclic) bond motifs is 1. The Morgan fingerprint density at radius 2 is 2.11 bits per heavy atom. The third kappa shape index (κ3) is 2.70. The van der Waals surface area contributed by atoms with Crippen molar-refractivity contribution in [3.63, 3.8) is 0 Å². The minimum atomic E-state index is -0.680. The van der Waals surface area contributed by atoms with Gasteiger partial charge in [-0.1, -0.05) is 24.3 Å². The number of urea groups is 1. The predicted octanol–water partition coefficient (Wildman–Crippen LogP) is 1.19. The van der Waals surface area contributed by atoms with E-state index in [9.17, 15) is 9.59 Å². The monoisotopic (exact) mass is 261 g/mol. The first-order chi connectivity index (χ1) is 9.00. The standard InChI is InChI=1S/C14H19N3O2/c1-9(16-14(15)19)13(18)17(2)12-8-7-10-5-3-4-6-11(10)12/h3-6,9,12H,7-8H2,1-2H3,(H3,15,16,19)/t9-,12+/m0/s1. The largest absolute Gasteiger partial charge is 0.352 e. The molecule has 0 aliphatic heterocycles. The minimum absolute atomic E-state index is 0.0841. The highest BCUT2D eigenvalue weighted by molar-refractivity contribution is 5.86. The summed E-state index contributed by atoms with van der Waals surface area (Å²) in [6, 6.07) is 6.96. The average Bonchev–Trinajstić information content (AvgIpc) is 2.80. The van der Waals surface area contributed by atoms with Crippen LogP contribution in [-0.4, -0.2) is 29.9 Å². The lowest BCUT2D eigenvalue weighted by atomic mass is 10.1. The van der Waals surface area contributed by atoms with E-state index >= 15 is 0 Å². The smallest absolute Gasteiger partial charge is 0.312 e. The molecule has 3 amide bonds. The number of nitrogens with zero attached hydrogens (tertiary/aromatic N) is 1. The molecule has 5 heteroatoms.